The molecule has 2 nitrogen and oxygen atoms in total. The zero-order chi connectivity index (χ0) is 5.86. The van der Waals surface area contributed by atoms with E-state index in [4.69, 9.17) is 5.73 Å². The molecule has 0 heterocycles. The van der Waals surface area contributed by atoms with E-state index in [1.807, 2.05) is 13.8 Å². The fourth-order valence-corrected chi connectivity index (χ4v) is 0.465. The van der Waals surface area contributed by atoms with Crippen LogP contribution in [0.2, 0.25) is 0 Å². The van der Waals surface area contributed by atoms with Crippen LogP contribution in [-0.2, 0) is 0 Å². The second-order valence-corrected chi connectivity index (χ2v) is 1.98. The fourth-order valence-electron chi connectivity index (χ4n) is 0.254. The molecule has 0 rings (SSSR count). The highest BCUT2D eigenvalue weighted by Crippen LogP contribution is 1.75. The van der Waals surface area contributed by atoms with Crippen LogP contribution in [0.1, 0.15) is 13.8 Å². The monoisotopic (exact) mass is 117 g/mol. The largest absolute Gasteiger partial charge is 0.375 e. The van der Waals surface area contributed by atoms with Gasteiger partial charge in [-0.15, -0.1) is 0 Å². The minimum Gasteiger partial charge on any atom is -0.375 e. The fraction of sp³-hybridized carbons (Fsp3) is 0.750. The predicted molar refractivity (Wildman–Crippen MR) is 34.1 cm³/mol. The van der Waals surface area contributed by atoms with E-state index in [-0.39, 0.29) is 11.2 Å². The van der Waals surface area contributed by atoms with Crippen molar-refractivity contribution in [3.63, 3.8) is 0 Å². The Labute approximate surface area is 49.1 Å². The van der Waals surface area contributed by atoms with E-state index in [1.54, 1.807) is 0 Å². The van der Waals surface area contributed by atoms with Gasteiger partial charge in [-0.3, -0.25) is 5.32 Å². The Kier molecular flexibility index (Phi) is 2.67. The predicted octanol–water partition coefficient (Wildman–Crippen LogP) is 0.243. The number of hydrogen-bond donors (Lipinski definition) is 1. The first-order valence-corrected chi connectivity index (χ1v) is 2.54. The Balaban J connectivity index is 3.13. The van der Waals surface area contributed by atoms with Gasteiger partial charge in [0.05, 0.1) is 0 Å². The summed E-state index contributed by atoms with van der Waals surface area (Å²) in [5, 5.41) is 4.03. The number of rotatable bonds is 1. The first-order valence-electron chi connectivity index (χ1n) is 2.13. The SMILES string of the molecule is CC(C)[N]C(N)=S. The lowest BCUT2D eigenvalue weighted by molar-refractivity contribution is 0.724. The summed E-state index contributed by atoms with van der Waals surface area (Å²) < 4.78 is 0. The second-order valence-electron chi connectivity index (χ2n) is 1.56. The highest BCUT2D eigenvalue weighted by atomic mass is 32.1. The van der Waals surface area contributed by atoms with Gasteiger partial charge in [0.15, 0.2) is 5.11 Å². The van der Waals surface area contributed by atoms with Gasteiger partial charge in [0.1, 0.15) is 0 Å². The van der Waals surface area contributed by atoms with E-state index < -0.39 is 0 Å². The molecule has 0 unspecified atom stereocenters. The summed E-state index contributed by atoms with van der Waals surface area (Å²) in [5.74, 6) is 0. The smallest absolute Gasteiger partial charge is 0.185 e. The molecule has 1 radical (unpaired) electrons. The molecule has 0 bridgehead atoms. The van der Waals surface area contributed by atoms with E-state index in [0.29, 0.717) is 0 Å². The van der Waals surface area contributed by atoms with Crippen LogP contribution < -0.4 is 11.1 Å². The molecule has 0 saturated heterocycles. The third kappa shape index (κ3) is 5.69. The highest BCUT2D eigenvalue weighted by Gasteiger charge is 1.91. The third-order valence-corrected chi connectivity index (χ3v) is 0.491. The van der Waals surface area contributed by atoms with Crippen LogP contribution in [0.25, 0.3) is 0 Å². The zero-order valence-electron chi connectivity index (χ0n) is 4.51. The highest BCUT2D eigenvalue weighted by molar-refractivity contribution is 7.80. The molecule has 0 aromatic heterocycles. The van der Waals surface area contributed by atoms with Gasteiger partial charge in [-0.2, -0.15) is 0 Å². The summed E-state index contributed by atoms with van der Waals surface area (Å²) >= 11 is 4.48. The zero-order valence-corrected chi connectivity index (χ0v) is 5.33. The molecule has 0 amide bonds. The standard InChI is InChI=1S/C4H9N2S/c1-3(2)6-4(5)7/h3H,1-2H3,(H2,5,7). The van der Waals surface area contributed by atoms with Gasteiger partial charge < -0.3 is 5.73 Å². The molecule has 0 aliphatic carbocycles. The van der Waals surface area contributed by atoms with Gasteiger partial charge in [-0.25, -0.2) is 0 Å². The molecule has 41 valence electrons. The molecule has 0 atom stereocenters. The molecule has 0 aliphatic rings. The number of thiocarbonyl (C=S) groups is 1. The minimum atomic E-state index is 0.234. The summed E-state index contributed by atoms with van der Waals surface area (Å²) in [4.78, 5) is 0. The maximum atomic E-state index is 5.06. The van der Waals surface area contributed by atoms with Crippen LogP contribution in [0.15, 0.2) is 0 Å². The average molecular weight is 117 g/mol. The minimum absolute atomic E-state index is 0.234. The molecule has 2 N–H and O–H groups in total. The van der Waals surface area contributed by atoms with E-state index in [1.165, 1.54) is 0 Å². The molecule has 3 heteroatoms. The van der Waals surface area contributed by atoms with Gasteiger partial charge >= 0.3 is 0 Å². The van der Waals surface area contributed by atoms with Gasteiger partial charge in [0.25, 0.3) is 0 Å². The van der Waals surface area contributed by atoms with Crippen LogP contribution in [0.4, 0.5) is 0 Å². The van der Waals surface area contributed by atoms with E-state index in [9.17, 15) is 0 Å². The van der Waals surface area contributed by atoms with Crippen LogP contribution in [-0.4, -0.2) is 11.2 Å². The van der Waals surface area contributed by atoms with E-state index in [2.05, 4.69) is 17.5 Å². The van der Waals surface area contributed by atoms with Crippen molar-refractivity contribution in [3.8, 4) is 0 Å². The molecule has 0 saturated carbocycles. The second kappa shape index (κ2) is 2.80. The molecular formula is C4H9N2S. The average Bonchev–Trinajstić information content (AvgIpc) is 1.27. The van der Waals surface area contributed by atoms with E-state index >= 15 is 0 Å². The quantitative estimate of drug-likeness (QED) is 0.500. The normalized spacial score (nSPS) is 9.00. The Morgan fingerprint density at radius 3 is 2.14 bits per heavy atom. The first-order chi connectivity index (χ1) is 3.13. The summed E-state index contributed by atoms with van der Waals surface area (Å²) in [7, 11) is 0. The summed E-state index contributed by atoms with van der Waals surface area (Å²) in [6.45, 7) is 3.86. The molecule has 7 heavy (non-hydrogen) atoms. The molecule has 0 aliphatic heterocycles. The number of nitrogens with two attached hydrogens (primary N) is 1. The van der Waals surface area contributed by atoms with Crippen LogP contribution >= 0.6 is 12.2 Å². The van der Waals surface area contributed by atoms with Crippen molar-refractivity contribution >= 4 is 17.3 Å². The van der Waals surface area contributed by atoms with Gasteiger partial charge in [-0.1, -0.05) is 0 Å². The maximum absolute atomic E-state index is 5.06. The van der Waals surface area contributed by atoms with Crippen molar-refractivity contribution in [1.82, 2.24) is 5.32 Å². The lowest BCUT2D eigenvalue weighted by atomic mass is 10.4. The topological polar surface area (TPSA) is 40.1 Å². The summed E-state index contributed by atoms with van der Waals surface area (Å²) in [5.41, 5.74) is 5.06. The molecule has 0 aromatic rings. The Morgan fingerprint density at radius 1 is 1.71 bits per heavy atom. The number of nitrogens with zero attached hydrogens (tertiary/aromatic N) is 1. The number of hydrogen-bond acceptors (Lipinski definition) is 1. The van der Waals surface area contributed by atoms with Gasteiger partial charge in [0, 0.05) is 6.04 Å². The molecule has 0 fully saturated rings. The first kappa shape index (κ1) is 6.69. The summed E-state index contributed by atoms with van der Waals surface area (Å²) in [6.07, 6.45) is 0. The van der Waals surface area contributed by atoms with Crippen LogP contribution in [0, 0.1) is 0 Å². The van der Waals surface area contributed by atoms with Crippen LogP contribution in [0.5, 0.6) is 0 Å². The lowest BCUT2D eigenvalue weighted by Gasteiger charge is -2.00. The van der Waals surface area contributed by atoms with Crippen molar-refractivity contribution < 1.29 is 0 Å². The Morgan fingerprint density at radius 2 is 2.14 bits per heavy atom. The van der Waals surface area contributed by atoms with Crippen molar-refractivity contribution in [2.24, 2.45) is 5.73 Å². The van der Waals surface area contributed by atoms with E-state index in [0.717, 1.165) is 0 Å². The van der Waals surface area contributed by atoms with Crippen molar-refractivity contribution in [3.05, 3.63) is 0 Å². The molecule has 0 aromatic carbocycles. The molecular weight excluding hydrogens is 108 g/mol. The van der Waals surface area contributed by atoms with Gasteiger partial charge in [-0.05, 0) is 26.1 Å². The van der Waals surface area contributed by atoms with Gasteiger partial charge in [0.2, 0.25) is 0 Å². The van der Waals surface area contributed by atoms with Crippen molar-refractivity contribution in [2.75, 3.05) is 0 Å². The summed E-state index contributed by atoms with van der Waals surface area (Å²) in [6, 6.07) is 0.234. The van der Waals surface area contributed by atoms with Crippen molar-refractivity contribution in [1.29, 1.82) is 0 Å². The lowest BCUT2D eigenvalue weighted by Crippen LogP contribution is -2.27. The van der Waals surface area contributed by atoms with Crippen molar-refractivity contribution in [2.45, 2.75) is 19.9 Å². The third-order valence-electron chi connectivity index (χ3n) is 0.385. The van der Waals surface area contributed by atoms with Crippen LogP contribution in [0.3, 0.4) is 0 Å². The molecule has 0 spiro atoms. The Bertz CT molecular complexity index is 70.1. The Hall–Kier alpha value is -0.310. The maximum Gasteiger partial charge on any atom is 0.185 e.